The molecule has 0 aliphatic carbocycles. The van der Waals surface area contributed by atoms with E-state index in [1.165, 1.54) is 0 Å². The van der Waals surface area contributed by atoms with Gasteiger partial charge in [0.05, 0.1) is 5.92 Å². The lowest BCUT2D eigenvalue weighted by Crippen LogP contribution is -2.38. The van der Waals surface area contributed by atoms with Gasteiger partial charge in [-0.25, -0.2) is 9.59 Å². The highest BCUT2D eigenvalue weighted by molar-refractivity contribution is 5.85. The predicted molar refractivity (Wildman–Crippen MR) is 80.1 cm³/mol. The molecule has 1 aliphatic heterocycles. The number of esters is 3. The van der Waals surface area contributed by atoms with Gasteiger partial charge >= 0.3 is 17.9 Å². The topological polar surface area (TPSA) is 78.9 Å². The molecule has 1 heterocycles. The van der Waals surface area contributed by atoms with Crippen LogP contribution in [0.25, 0.3) is 0 Å². The summed E-state index contributed by atoms with van der Waals surface area (Å²) in [6.07, 6.45) is 0.316. The van der Waals surface area contributed by atoms with E-state index in [1.807, 2.05) is 37.3 Å². The molecular formula is C17H20O6. The van der Waals surface area contributed by atoms with Crippen molar-refractivity contribution in [3.63, 3.8) is 0 Å². The van der Waals surface area contributed by atoms with Crippen molar-refractivity contribution in [1.82, 2.24) is 0 Å². The van der Waals surface area contributed by atoms with Crippen molar-refractivity contribution in [3.8, 4) is 0 Å². The average molecular weight is 320 g/mol. The highest BCUT2D eigenvalue weighted by Gasteiger charge is 2.31. The molecule has 1 aromatic carbocycles. The zero-order valence-electron chi connectivity index (χ0n) is 13.0. The molecule has 2 rings (SSSR count). The third-order valence-corrected chi connectivity index (χ3v) is 3.70. The Morgan fingerprint density at radius 2 is 2.04 bits per heavy atom. The number of ether oxygens (including phenoxy) is 3. The molecule has 0 amide bonds. The second kappa shape index (κ2) is 8.31. The Hall–Kier alpha value is -2.37. The van der Waals surface area contributed by atoms with Gasteiger partial charge in [0.2, 0.25) is 0 Å². The Kier molecular flexibility index (Phi) is 6.14. The highest BCUT2D eigenvalue weighted by Crippen LogP contribution is 2.19. The minimum Gasteiger partial charge on any atom is -0.461 e. The predicted octanol–water partition coefficient (Wildman–Crippen LogP) is 2.00. The molecule has 124 valence electrons. The summed E-state index contributed by atoms with van der Waals surface area (Å²) in [5.41, 5.74) is 0.917. The van der Waals surface area contributed by atoms with Gasteiger partial charge in [0.15, 0.2) is 12.7 Å². The molecule has 2 unspecified atom stereocenters. The number of cyclic esters (lactones) is 2. The fourth-order valence-corrected chi connectivity index (χ4v) is 2.33. The largest absolute Gasteiger partial charge is 0.461 e. The summed E-state index contributed by atoms with van der Waals surface area (Å²) in [6.45, 7) is 1.75. The molecule has 0 bridgehead atoms. The van der Waals surface area contributed by atoms with E-state index in [0.717, 1.165) is 5.56 Å². The third-order valence-electron chi connectivity index (χ3n) is 3.70. The molecule has 1 saturated heterocycles. The van der Waals surface area contributed by atoms with Crippen LogP contribution in [0.5, 0.6) is 0 Å². The first-order chi connectivity index (χ1) is 11.1. The van der Waals surface area contributed by atoms with Gasteiger partial charge in [-0.05, 0) is 24.8 Å². The van der Waals surface area contributed by atoms with Gasteiger partial charge in [-0.15, -0.1) is 0 Å². The van der Waals surface area contributed by atoms with Gasteiger partial charge in [0.25, 0.3) is 0 Å². The standard InChI is InChI=1S/C17H20O6/c1-2-13(8-9-14-17(20)22-11-15(18)23-14)16(19)21-10-12-6-4-3-5-7-12/h3-7,13-14H,2,8-11H2,1H3. The maximum absolute atomic E-state index is 12.1. The highest BCUT2D eigenvalue weighted by atomic mass is 16.6. The summed E-state index contributed by atoms with van der Waals surface area (Å²) >= 11 is 0. The summed E-state index contributed by atoms with van der Waals surface area (Å²) in [6, 6.07) is 9.41. The van der Waals surface area contributed by atoms with E-state index >= 15 is 0 Å². The zero-order valence-corrected chi connectivity index (χ0v) is 13.0. The Bertz CT molecular complexity index is 553. The van der Waals surface area contributed by atoms with Gasteiger partial charge in [-0.1, -0.05) is 37.3 Å². The molecule has 0 radical (unpaired) electrons. The van der Waals surface area contributed by atoms with Crippen LogP contribution in [0.3, 0.4) is 0 Å². The number of hydrogen-bond acceptors (Lipinski definition) is 6. The van der Waals surface area contributed by atoms with Crippen LogP contribution < -0.4 is 0 Å². The molecule has 1 aliphatic rings. The van der Waals surface area contributed by atoms with Gasteiger partial charge in [-0.2, -0.15) is 0 Å². The summed E-state index contributed by atoms with van der Waals surface area (Å²) in [4.78, 5) is 34.8. The Morgan fingerprint density at radius 1 is 1.30 bits per heavy atom. The van der Waals surface area contributed by atoms with Crippen LogP contribution in [0.15, 0.2) is 30.3 Å². The van der Waals surface area contributed by atoms with Crippen molar-refractivity contribution >= 4 is 17.9 Å². The normalized spacial score (nSPS) is 18.7. The molecule has 6 nitrogen and oxygen atoms in total. The minimum atomic E-state index is -0.924. The molecule has 0 saturated carbocycles. The second-order valence-corrected chi connectivity index (χ2v) is 5.36. The van der Waals surface area contributed by atoms with Crippen LogP contribution in [-0.2, 0) is 35.2 Å². The van der Waals surface area contributed by atoms with E-state index in [-0.39, 0.29) is 31.5 Å². The van der Waals surface area contributed by atoms with Crippen molar-refractivity contribution in [1.29, 1.82) is 0 Å². The van der Waals surface area contributed by atoms with Gasteiger partial charge < -0.3 is 14.2 Å². The van der Waals surface area contributed by atoms with Crippen molar-refractivity contribution in [3.05, 3.63) is 35.9 Å². The van der Waals surface area contributed by atoms with E-state index in [9.17, 15) is 14.4 Å². The van der Waals surface area contributed by atoms with E-state index < -0.39 is 18.0 Å². The van der Waals surface area contributed by atoms with E-state index in [0.29, 0.717) is 12.8 Å². The second-order valence-electron chi connectivity index (χ2n) is 5.36. The number of rotatable bonds is 7. The molecule has 0 spiro atoms. The Labute approximate surface area is 134 Å². The molecule has 23 heavy (non-hydrogen) atoms. The number of hydrogen-bond donors (Lipinski definition) is 0. The molecule has 6 heteroatoms. The average Bonchev–Trinajstić information content (AvgIpc) is 2.57. The first-order valence-electron chi connectivity index (χ1n) is 7.66. The zero-order chi connectivity index (χ0) is 16.7. The molecule has 1 fully saturated rings. The maximum Gasteiger partial charge on any atom is 0.348 e. The van der Waals surface area contributed by atoms with Crippen LogP contribution in [-0.4, -0.2) is 30.6 Å². The Balaban J connectivity index is 1.80. The quantitative estimate of drug-likeness (QED) is 0.565. The lowest BCUT2D eigenvalue weighted by atomic mass is 9.98. The molecular weight excluding hydrogens is 300 g/mol. The first-order valence-corrected chi connectivity index (χ1v) is 7.66. The van der Waals surface area contributed by atoms with E-state index in [1.54, 1.807) is 0 Å². The SMILES string of the molecule is CCC(CCC1OC(=O)COC1=O)C(=O)OCc1ccccc1. The van der Waals surface area contributed by atoms with Crippen LogP contribution in [0, 0.1) is 5.92 Å². The van der Waals surface area contributed by atoms with Gasteiger partial charge in [-0.3, -0.25) is 4.79 Å². The molecule has 0 aromatic heterocycles. The van der Waals surface area contributed by atoms with Crippen molar-refractivity contribution in [2.24, 2.45) is 5.92 Å². The Morgan fingerprint density at radius 3 is 2.74 bits per heavy atom. The van der Waals surface area contributed by atoms with Crippen LogP contribution in [0.1, 0.15) is 31.7 Å². The van der Waals surface area contributed by atoms with Crippen LogP contribution >= 0.6 is 0 Å². The van der Waals surface area contributed by atoms with Crippen molar-refractivity contribution in [2.45, 2.75) is 38.9 Å². The lowest BCUT2D eigenvalue weighted by molar-refractivity contribution is -0.185. The number of benzene rings is 1. The fourth-order valence-electron chi connectivity index (χ4n) is 2.33. The van der Waals surface area contributed by atoms with Gasteiger partial charge in [0.1, 0.15) is 6.61 Å². The third kappa shape index (κ3) is 5.09. The first kappa shape index (κ1) is 17.0. The minimum absolute atomic E-state index is 0.219. The van der Waals surface area contributed by atoms with E-state index in [4.69, 9.17) is 14.2 Å². The molecule has 1 aromatic rings. The molecule has 2 atom stereocenters. The molecule has 0 N–H and O–H groups in total. The number of carbonyl (C=O) groups is 3. The monoisotopic (exact) mass is 320 g/mol. The van der Waals surface area contributed by atoms with Crippen LogP contribution in [0.2, 0.25) is 0 Å². The van der Waals surface area contributed by atoms with Crippen LogP contribution in [0.4, 0.5) is 0 Å². The summed E-state index contributed by atoms with van der Waals surface area (Å²) in [5, 5.41) is 0. The van der Waals surface area contributed by atoms with Crippen molar-refractivity contribution < 1.29 is 28.6 Å². The van der Waals surface area contributed by atoms with Crippen molar-refractivity contribution in [2.75, 3.05) is 6.61 Å². The maximum atomic E-state index is 12.1. The van der Waals surface area contributed by atoms with Gasteiger partial charge in [0, 0.05) is 0 Å². The summed E-state index contributed by atoms with van der Waals surface area (Å²) in [7, 11) is 0. The lowest BCUT2D eigenvalue weighted by Gasteiger charge is -2.22. The smallest absolute Gasteiger partial charge is 0.348 e. The summed E-state index contributed by atoms with van der Waals surface area (Å²) in [5.74, 6) is -1.77. The van der Waals surface area contributed by atoms with E-state index in [2.05, 4.69) is 0 Å². The fraction of sp³-hybridized carbons (Fsp3) is 0.471. The number of carbonyl (C=O) groups excluding carboxylic acids is 3. The summed E-state index contributed by atoms with van der Waals surface area (Å²) < 4.78 is 14.9.